The van der Waals surface area contributed by atoms with E-state index in [2.05, 4.69) is 72.1 Å². The minimum Gasteiger partial charge on any atom is -0.480 e. The number of allylic oxidation sites excluding steroid dienone is 2. The molecule has 0 aromatic rings. The summed E-state index contributed by atoms with van der Waals surface area (Å²) in [5.41, 5.74) is 1.65. The molecule has 0 radical (unpaired) electrons. The summed E-state index contributed by atoms with van der Waals surface area (Å²) < 4.78 is 6.28. The molecule has 5 aliphatic carbocycles. The number of carbonyl (C=O) groups excluding carboxylic acids is 3. The van der Waals surface area contributed by atoms with Crippen molar-refractivity contribution in [2.24, 2.45) is 50.2 Å². The smallest absolute Gasteiger partial charge is 0.325 e. The largest absolute Gasteiger partial charge is 0.480 e. The zero-order chi connectivity index (χ0) is 39.0. The molecule has 4 saturated carbocycles. The van der Waals surface area contributed by atoms with Crippen molar-refractivity contribution >= 4 is 23.8 Å². The molecule has 8 heteroatoms. The highest BCUT2D eigenvalue weighted by Crippen LogP contribution is 2.76. The number of fused-ring (bicyclic) bond motifs is 7. The molecule has 0 heterocycles. The van der Waals surface area contributed by atoms with Crippen molar-refractivity contribution in [2.75, 3.05) is 6.54 Å². The molecule has 0 spiro atoms. The van der Waals surface area contributed by atoms with Crippen LogP contribution in [0.2, 0.25) is 0 Å². The first-order valence-electron chi connectivity index (χ1n) is 21.5. The lowest BCUT2D eigenvalue weighted by atomic mass is 9.33. The number of nitrogens with one attached hydrogen (secondary N) is 2. The Morgan fingerprint density at radius 1 is 0.849 bits per heavy atom. The van der Waals surface area contributed by atoms with Crippen molar-refractivity contribution in [2.45, 2.75) is 190 Å². The van der Waals surface area contributed by atoms with Crippen molar-refractivity contribution in [3.8, 4) is 0 Å². The number of aliphatic carboxylic acids is 1. The van der Waals surface area contributed by atoms with Gasteiger partial charge in [-0.05, 0) is 130 Å². The van der Waals surface area contributed by atoms with Crippen LogP contribution in [0.1, 0.15) is 178 Å². The first-order valence-corrected chi connectivity index (χ1v) is 21.5. The second-order valence-electron chi connectivity index (χ2n) is 20.4. The van der Waals surface area contributed by atoms with E-state index in [1.54, 1.807) is 5.57 Å². The van der Waals surface area contributed by atoms with Gasteiger partial charge in [0.1, 0.15) is 12.1 Å². The molecule has 5 rings (SSSR count). The summed E-state index contributed by atoms with van der Waals surface area (Å²) >= 11 is 0. The van der Waals surface area contributed by atoms with Crippen molar-refractivity contribution < 1.29 is 29.0 Å². The third kappa shape index (κ3) is 7.73. The summed E-state index contributed by atoms with van der Waals surface area (Å²) in [6.07, 6.45) is 19.3. The molecule has 9 atom stereocenters. The molecule has 0 aromatic heterocycles. The topological polar surface area (TPSA) is 122 Å². The standard InChI is InChI=1S/C45H74N2O6/c1-10-11-13-17-37(49)53-35-21-22-42(7)33(41(35,5)6)20-23-44(9)34(42)19-18-31-32-29-40(3,4)24-26-45(32,27-25-43(31,44)8)39(52)46-28-15-12-14-16-36(48)47-30(2)38(50)51/h18,30,32-35H,10-17,19-29H2,1-9H3,(H,46,52)(H,47,48)(H,50,51)/t30-,32-,33-,34+,35-,42-,43+,44+,45-/m0/s1. The number of amides is 2. The number of rotatable bonds is 14. The Kier molecular flexibility index (Phi) is 12.3. The molecule has 0 bridgehead atoms. The number of unbranched alkanes of at least 4 members (excludes halogenated alkanes) is 4. The van der Waals surface area contributed by atoms with Crippen LogP contribution in [0.5, 0.6) is 0 Å². The first kappa shape index (κ1) is 41.8. The average Bonchev–Trinajstić information content (AvgIpc) is 3.07. The Balaban J connectivity index is 1.30. The van der Waals surface area contributed by atoms with Crippen LogP contribution in [0.4, 0.5) is 0 Å². The van der Waals surface area contributed by atoms with Gasteiger partial charge in [0, 0.05) is 24.8 Å². The molecule has 4 fully saturated rings. The Labute approximate surface area is 321 Å². The fourth-order valence-corrected chi connectivity index (χ4v) is 12.9. The molecule has 2 amide bonds. The highest BCUT2D eigenvalue weighted by atomic mass is 16.5. The van der Waals surface area contributed by atoms with Crippen molar-refractivity contribution in [1.82, 2.24) is 10.6 Å². The van der Waals surface area contributed by atoms with Gasteiger partial charge in [-0.15, -0.1) is 0 Å². The quantitative estimate of drug-likeness (QED) is 0.0928. The van der Waals surface area contributed by atoms with Gasteiger partial charge in [0.2, 0.25) is 11.8 Å². The van der Waals surface area contributed by atoms with Gasteiger partial charge in [0.15, 0.2) is 0 Å². The molecule has 0 aliphatic heterocycles. The van der Waals surface area contributed by atoms with Gasteiger partial charge < -0.3 is 20.5 Å². The minimum atomic E-state index is -1.03. The lowest BCUT2D eigenvalue weighted by Gasteiger charge is -2.71. The fraction of sp³-hybridized carbons (Fsp3) is 0.867. The first-order chi connectivity index (χ1) is 24.8. The summed E-state index contributed by atoms with van der Waals surface area (Å²) in [7, 11) is 0. The van der Waals surface area contributed by atoms with Gasteiger partial charge in [-0.1, -0.05) is 86.3 Å². The summed E-state index contributed by atoms with van der Waals surface area (Å²) in [6.45, 7) is 21.6. The molecule has 0 aromatic carbocycles. The van der Waals surface area contributed by atoms with Gasteiger partial charge in [0.05, 0.1) is 5.41 Å². The van der Waals surface area contributed by atoms with Crippen LogP contribution in [0.15, 0.2) is 11.6 Å². The monoisotopic (exact) mass is 739 g/mol. The maximum Gasteiger partial charge on any atom is 0.325 e. The highest BCUT2D eigenvalue weighted by molar-refractivity contribution is 5.84. The van der Waals surface area contributed by atoms with Gasteiger partial charge in [-0.2, -0.15) is 0 Å². The lowest BCUT2D eigenvalue weighted by molar-refractivity contribution is -0.213. The number of carboxylic acid groups (broad SMARTS) is 1. The maximum absolute atomic E-state index is 14.4. The summed E-state index contributed by atoms with van der Waals surface area (Å²) in [6, 6.07) is -0.886. The summed E-state index contributed by atoms with van der Waals surface area (Å²) in [5.74, 6) is 0.225. The van der Waals surface area contributed by atoms with Gasteiger partial charge in [-0.3, -0.25) is 19.2 Å². The molecule has 300 valence electrons. The Bertz CT molecular complexity index is 1420. The van der Waals surface area contributed by atoms with E-state index in [4.69, 9.17) is 9.84 Å². The molecule has 53 heavy (non-hydrogen) atoms. The van der Waals surface area contributed by atoms with E-state index < -0.39 is 12.0 Å². The van der Waals surface area contributed by atoms with Crippen LogP contribution < -0.4 is 10.6 Å². The number of ether oxygens (including phenoxy) is 1. The van der Waals surface area contributed by atoms with Crippen LogP contribution in [0, 0.1) is 50.2 Å². The number of carboxylic acids is 1. The molecule has 0 unspecified atom stereocenters. The van der Waals surface area contributed by atoms with Crippen LogP contribution in [-0.2, 0) is 23.9 Å². The predicted octanol–water partition coefficient (Wildman–Crippen LogP) is 9.55. The SMILES string of the molecule is CCCCCC(=O)O[C@H]1CC[C@]2(C)[C@H]3CC=C4[C@@H]5CC(C)(C)CC[C@]5(C(=O)NCCCCCC(=O)N[C@@H](C)C(=O)O)CC[C@@]4(C)[C@]3(C)CC[C@H]2C1(C)C. The summed E-state index contributed by atoms with van der Waals surface area (Å²) in [5, 5.41) is 14.9. The minimum absolute atomic E-state index is 0.0163. The van der Waals surface area contributed by atoms with Crippen molar-refractivity contribution in [3.05, 3.63) is 11.6 Å². The van der Waals surface area contributed by atoms with Crippen LogP contribution in [0.3, 0.4) is 0 Å². The molecule has 8 nitrogen and oxygen atoms in total. The van der Waals surface area contributed by atoms with E-state index in [-0.39, 0.29) is 62.3 Å². The van der Waals surface area contributed by atoms with E-state index in [0.29, 0.717) is 37.6 Å². The second-order valence-corrected chi connectivity index (χ2v) is 20.4. The van der Waals surface area contributed by atoms with Crippen LogP contribution in [-0.4, -0.2) is 47.6 Å². The number of carbonyl (C=O) groups is 4. The fourth-order valence-electron chi connectivity index (χ4n) is 12.9. The zero-order valence-electron chi connectivity index (χ0n) is 34.9. The average molecular weight is 739 g/mol. The van der Waals surface area contributed by atoms with E-state index in [1.807, 2.05) is 0 Å². The van der Waals surface area contributed by atoms with Crippen molar-refractivity contribution in [1.29, 1.82) is 0 Å². The molecular formula is C45H74N2O6. The van der Waals surface area contributed by atoms with Gasteiger partial charge >= 0.3 is 11.9 Å². The highest BCUT2D eigenvalue weighted by Gasteiger charge is 2.69. The van der Waals surface area contributed by atoms with Crippen LogP contribution in [0.25, 0.3) is 0 Å². The third-order valence-corrected chi connectivity index (χ3v) is 16.4. The van der Waals surface area contributed by atoms with E-state index >= 15 is 0 Å². The zero-order valence-corrected chi connectivity index (χ0v) is 34.9. The van der Waals surface area contributed by atoms with Gasteiger partial charge in [0.25, 0.3) is 0 Å². The predicted molar refractivity (Wildman–Crippen MR) is 210 cm³/mol. The Morgan fingerprint density at radius 2 is 1.55 bits per heavy atom. The Morgan fingerprint density at radius 3 is 2.25 bits per heavy atom. The normalized spacial score (nSPS) is 37.3. The molecule has 3 N–H and O–H groups in total. The van der Waals surface area contributed by atoms with Crippen molar-refractivity contribution in [3.63, 3.8) is 0 Å². The van der Waals surface area contributed by atoms with Crippen LogP contribution >= 0.6 is 0 Å². The summed E-state index contributed by atoms with van der Waals surface area (Å²) in [4.78, 5) is 50.5. The van der Waals surface area contributed by atoms with E-state index in [1.165, 1.54) is 13.3 Å². The second kappa shape index (κ2) is 15.6. The molecule has 0 saturated heterocycles. The third-order valence-electron chi connectivity index (χ3n) is 16.4. The van der Waals surface area contributed by atoms with E-state index in [9.17, 15) is 19.2 Å². The number of esters is 1. The lowest BCUT2D eigenvalue weighted by Crippen LogP contribution is -2.65. The van der Waals surface area contributed by atoms with Gasteiger partial charge in [-0.25, -0.2) is 0 Å². The maximum atomic E-state index is 14.4. The van der Waals surface area contributed by atoms with E-state index in [0.717, 1.165) is 89.9 Å². The molecule has 5 aliphatic rings. The Hall–Kier alpha value is -2.38. The molecular weight excluding hydrogens is 665 g/mol. The number of hydrogen-bond donors (Lipinski definition) is 3. The number of hydrogen-bond acceptors (Lipinski definition) is 5.